The molecule has 0 spiro atoms. The van der Waals surface area contributed by atoms with Gasteiger partial charge in [0.2, 0.25) is 0 Å². The highest BCUT2D eigenvalue weighted by Gasteiger charge is 2.26. The number of likely N-dealkylation sites (N-methyl/N-ethyl adjacent to an activating group) is 1. The monoisotopic (exact) mass is 138 g/mol. The zero-order chi connectivity index (χ0) is 6.97. The highest BCUT2D eigenvalue weighted by atomic mass is 15.4. The Morgan fingerprint density at radius 1 is 1.50 bits per heavy atom. The molecule has 2 heteroatoms. The van der Waals surface area contributed by atoms with Crippen molar-refractivity contribution in [2.75, 3.05) is 20.1 Å². The molecule has 0 N–H and O–H groups in total. The fourth-order valence-corrected chi connectivity index (χ4v) is 1.89. The van der Waals surface area contributed by atoms with Gasteiger partial charge < -0.3 is 4.90 Å². The summed E-state index contributed by atoms with van der Waals surface area (Å²) in [6, 6.07) is 0. The maximum atomic E-state index is 2.43. The van der Waals surface area contributed by atoms with E-state index < -0.39 is 0 Å². The molecule has 0 aromatic carbocycles. The third-order valence-corrected chi connectivity index (χ3v) is 2.46. The summed E-state index contributed by atoms with van der Waals surface area (Å²) in [7, 11) is 2.20. The van der Waals surface area contributed by atoms with Crippen LogP contribution >= 0.6 is 0 Å². The summed E-state index contributed by atoms with van der Waals surface area (Å²) in [5.41, 5.74) is 0. The van der Waals surface area contributed by atoms with Gasteiger partial charge >= 0.3 is 0 Å². The van der Waals surface area contributed by atoms with Crippen LogP contribution in [0.4, 0.5) is 0 Å². The minimum Gasteiger partial charge on any atom is -0.362 e. The van der Waals surface area contributed by atoms with Crippen molar-refractivity contribution in [1.29, 1.82) is 0 Å². The molecule has 0 aliphatic carbocycles. The minimum absolute atomic E-state index is 0.713. The minimum atomic E-state index is 0.713. The van der Waals surface area contributed by atoms with Crippen LogP contribution in [0.3, 0.4) is 0 Å². The van der Waals surface area contributed by atoms with Gasteiger partial charge in [0.1, 0.15) is 0 Å². The van der Waals surface area contributed by atoms with E-state index in [1.807, 2.05) is 0 Å². The van der Waals surface area contributed by atoms with Gasteiger partial charge in [-0.3, -0.25) is 4.90 Å². The second-order valence-electron chi connectivity index (χ2n) is 3.19. The van der Waals surface area contributed by atoms with E-state index in [0.717, 1.165) is 6.54 Å². The van der Waals surface area contributed by atoms with Gasteiger partial charge in [-0.25, -0.2) is 0 Å². The molecule has 10 heavy (non-hydrogen) atoms. The Labute approximate surface area is 62.1 Å². The van der Waals surface area contributed by atoms with E-state index >= 15 is 0 Å². The molecule has 1 fully saturated rings. The Bertz CT molecular complexity index is 153. The summed E-state index contributed by atoms with van der Waals surface area (Å²) in [6.45, 7) is 2.38. The van der Waals surface area contributed by atoms with E-state index in [4.69, 9.17) is 0 Å². The van der Waals surface area contributed by atoms with Gasteiger partial charge in [0, 0.05) is 13.1 Å². The summed E-state index contributed by atoms with van der Waals surface area (Å²) in [5.74, 6) is 0. The van der Waals surface area contributed by atoms with E-state index in [1.54, 1.807) is 0 Å². The van der Waals surface area contributed by atoms with Crippen molar-refractivity contribution in [3.05, 3.63) is 12.3 Å². The first-order valence-corrected chi connectivity index (χ1v) is 4.00. The van der Waals surface area contributed by atoms with Crippen molar-refractivity contribution in [1.82, 2.24) is 9.80 Å². The van der Waals surface area contributed by atoms with E-state index in [2.05, 4.69) is 29.1 Å². The largest absolute Gasteiger partial charge is 0.362 e. The Hall–Kier alpha value is -0.500. The number of hydrogen-bond acceptors (Lipinski definition) is 2. The van der Waals surface area contributed by atoms with Crippen molar-refractivity contribution in [2.24, 2.45) is 0 Å². The first-order valence-electron chi connectivity index (χ1n) is 4.00. The van der Waals surface area contributed by atoms with Gasteiger partial charge in [0.25, 0.3) is 0 Å². The first kappa shape index (κ1) is 6.23. The maximum absolute atomic E-state index is 2.43. The SMILES string of the molecule is CN1CC=CN2CCCC12. The molecule has 0 aromatic rings. The highest BCUT2D eigenvalue weighted by Crippen LogP contribution is 2.22. The van der Waals surface area contributed by atoms with Crippen LogP contribution in [0.5, 0.6) is 0 Å². The fraction of sp³-hybridized carbons (Fsp3) is 0.750. The zero-order valence-electron chi connectivity index (χ0n) is 6.45. The first-order chi connectivity index (χ1) is 4.88. The Kier molecular flexibility index (Phi) is 1.42. The van der Waals surface area contributed by atoms with Gasteiger partial charge in [-0.05, 0) is 26.1 Å². The number of nitrogens with zero attached hydrogens (tertiary/aromatic N) is 2. The van der Waals surface area contributed by atoms with Crippen molar-refractivity contribution >= 4 is 0 Å². The summed E-state index contributed by atoms with van der Waals surface area (Å²) in [4.78, 5) is 4.84. The van der Waals surface area contributed by atoms with E-state index in [-0.39, 0.29) is 0 Å². The van der Waals surface area contributed by atoms with Crippen LogP contribution in [0.1, 0.15) is 12.8 Å². The third kappa shape index (κ3) is 0.833. The molecule has 0 bridgehead atoms. The van der Waals surface area contributed by atoms with Crippen LogP contribution < -0.4 is 0 Å². The molecule has 1 atom stereocenters. The van der Waals surface area contributed by atoms with Crippen LogP contribution in [0.2, 0.25) is 0 Å². The molecule has 1 unspecified atom stereocenters. The lowest BCUT2D eigenvalue weighted by atomic mass is 10.3. The molecule has 0 aromatic heterocycles. The van der Waals surface area contributed by atoms with E-state index in [0.29, 0.717) is 6.17 Å². The van der Waals surface area contributed by atoms with Crippen LogP contribution in [0.15, 0.2) is 12.3 Å². The van der Waals surface area contributed by atoms with Gasteiger partial charge in [0.15, 0.2) is 0 Å². The molecule has 1 saturated heterocycles. The predicted octanol–water partition coefficient (Wildman–Crippen LogP) is 0.867. The lowest BCUT2D eigenvalue weighted by molar-refractivity contribution is 0.135. The molecule has 56 valence electrons. The summed E-state index contributed by atoms with van der Waals surface area (Å²) in [5, 5.41) is 0. The molecule has 2 heterocycles. The molecule has 0 amide bonds. The van der Waals surface area contributed by atoms with Crippen molar-refractivity contribution < 1.29 is 0 Å². The molecule has 2 nitrogen and oxygen atoms in total. The van der Waals surface area contributed by atoms with Crippen LogP contribution in [-0.4, -0.2) is 36.1 Å². The average Bonchev–Trinajstić information content (AvgIpc) is 2.36. The van der Waals surface area contributed by atoms with Gasteiger partial charge in [-0.15, -0.1) is 0 Å². The van der Waals surface area contributed by atoms with Crippen molar-refractivity contribution in [3.63, 3.8) is 0 Å². The van der Waals surface area contributed by atoms with Gasteiger partial charge in [0.05, 0.1) is 6.17 Å². The lowest BCUT2D eigenvalue weighted by Gasteiger charge is -2.34. The maximum Gasteiger partial charge on any atom is 0.0815 e. The Morgan fingerprint density at radius 2 is 2.40 bits per heavy atom. The fourth-order valence-electron chi connectivity index (χ4n) is 1.89. The van der Waals surface area contributed by atoms with Crippen molar-refractivity contribution in [3.8, 4) is 0 Å². The normalized spacial score (nSPS) is 32.9. The van der Waals surface area contributed by atoms with Crippen LogP contribution in [-0.2, 0) is 0 Å². The zero-order valence-corrected chi connectivity index (χ0v) is 6.45. The molecule has 2 aliphatic heterocycles. The molecular weight excluding hydrogens is 124 g/mol. The third-order valence-electron chi connectivity index (χ3n) is 2.46. The molecular formula is C8H14N2. The smallest absolute Gasteiger partial charge is 0.0815 e. The van der Waals surface area contributed by atoms with E-state index in [9.17, 15) is 0 Å². The molecule has 0 radical (unpaired) electrons. The van der Waals surface area contributed by atoms with E-state index in [1.165, 1.54) is 19.4 Å². The standard InChI is InChI=1S/C8H14N2/c1-9-5-3-7-10-6-2-4-8(9)10/h3,7-8H,2,4-6H2,1H3. The second-order valence-corrected chi connectivity index (χ2v) is 3.19. The van der Waals surface area contributed by atoms with Gasteiger partial charge in [-0.1, -0.05) is 6.08 Å². The summed E-state index contributed by atoms with van der Waals surface area (Å²) in [6.07, 6.45) is 7.91. The number of hydrogen-bond donors (Lipinski definition) is 0. The van der Waals surface area contributed by atoms with Crippen molar-refractivity contribution in [2.45, 2.75) is 19.0 Å². The molecule has 0 saturated carbocycles. The predicted molar refractivity (Wildman–Crippen MR) is 41.5 cm³/mol. The van der Waals surface area contributed by atoms with Crippen LogP contribution in [0.25, 0.3) is 0 Å². The van der Waals surface area contributed by atoms with Gasteiger partial charge in [-0.2, -0.15) is 0 Å². The Balaban J connectivity index is 2.14. The number of fused-ring (bicyclic) bond motifs is 1. The summed E-state index contributed by atoms with van der Waals surface area (Å²) >= 11 is 0. The second kappa shape index (κ2) is 2.27. The topological polar surface area (TPSA) is 6.48 Å². The lowest BCUT2D eigenvalue weighted by Crippen LogP contribution is -2.42. The summed E-state index contributed by atoms with van der Waals surface area (Å²) < 4.78 is 0. The molecule has 2 aliphatic rings. The Morgan fingerprint density at radius 3 is 3.20 bits per heavy atom. The quantitative estimate of drug-likeness (QED) is 0.490. The number of rotatable bonds is 0. The molecule has 2 rings (SSSR count). The average molecular weight is 138 g/mol. The highest BCUT2D eigenvalue weighted by molar-refractivity contribution is 4.96. The van der Waals surface area contributed by atoms with Crippen LogP contribution in [0, 0.1) is 0 Å².